The Bertz CT molecular complexity index is 917. The summed E-state index contributed by atoms with van der Waals surface area (Å²) in [5.74, 6) is 1.44. The smallest absolute Gasteiger partial charge is 0.254 e. The minimum atomic E-state index is -0.141. The van der Waals surface area contributed by atoms with E-state index in [1.807, 2.05) is 9.47 Å². The summed E-state index contributed by atoms with van der Waals surface area (Å²) in [6.07, 6.45) is 9.59. The number of carbonyl (C=O) groups is 1. The topological polar surface area (TPSA) is 96.8 Å². The van der Waals surface area contributed by atoms with Crippen molar-refractivity contribution in [3.63, 3.8) is 0 Å². The van der Waals surface area contributed by atoms with Gasteiger partial charge in [-0.1, -0.05) is 0 Å². The first-order valence-corrected chi connectivity index (χ1v) is 9.88. The van der Waals surface area contributed by atoms with Crippen LogP contribution in [0.3, 0.4) is 0 Å². The van der Waals surface area contributed by atoms with Crippen LogP contribution < -0.4 is 5.56 Å². The molecule has 2 aliphatic carbocycles. The third-order valence-electron chi connectivity index (χ3n) is 6.33. The van der Waals surface area contributed by atoms with Gasteiger partial charge in [-0.3, -0.25) is 9.59 Å². The van der Waals surface area contributed by atoms with E-state index in [0.29, 0.717) is 25.4 Å². The molecule has 8 heteroatoms. The number of likely N-dealkylation sites (tertiary alicyclic amines) is 1. The molecule has 27 heavy (non-hydrogen) atoms. The predicted molar refractivity (Wildman–Crippen MR) is 97.3 cm³/mol. The Hall–Kier alpha value is -2.51. The maximum absolute atomic E-state index is 12.8. The van der Waals surface area contributed by atoms with Gasteiger partial charge in [0, 0.05) is 43.0 Å². The van der Waals surface area contributed by atoms with Crippen molar-refractivity contribution in [1.29, 1.82) is 0 Å². The number of nitrogens with one attached hydrogen (secondary N) is 1. The number of aryl methyl sites for hydroxylation is 1. The number of aromatic amines is 1. The summed E-state index contributed by atoms with van der Waals surface area (Å²) in [5.41, 5.74) is 1.72. The van der Waals surface area contributed by atoms with Crippen molar-refractivity contribution >= 4 is 5.91 Å². The van der Waals surface area contributed by atoms with Gasteiger partial charge in [0.1, 0.15) is 18.5 Å². The first-order chi connectivity index (χ1) is 13.1. The van der Waals surface area contributed by atoms with Gasteiger partial charge in [-0.05, 0) is 38.5 Å². The first kappa shape index (κ1) is 16.6. The molecule has 0 aromatic carbocycles. The number of H-pyrrole nitrogens is 1. The highest BCUT2D eigenvalue weighted by Crippen LogP contribution is 2.45. The third kappa shape index (κ3) is 2.96. The fourth-order valence-corrected chi connectivity index (χ4v) is 4.68. The van der Waals surface area contributed by atoms with Crippen molar-refractivity contribution in [3.8, 4) is 0 Å². The van der Waals surface area contributed by atoms with E-state index < -0.39 is 0 Å². The lowest BCUT2D eigenvalue weighted by Gasteiger charge is -2.40. The zero-order valence-electron chi connectivity index (χ0n) is 15.4. The second-order valence-electron chi connectivity index (χ2n) is 8.20. The summed E-state index contributed by atoms with van der Waals surface area (Å²) < 4.78 is 1.82. The molecule has 2 fully saturated rings. The zero-order chi connectivity index (χ0) is 18.4. The Morgan fingerprint density at radius 2 is 2.07 bits per heavy atom. The van der Waals surface area contributed by atoms with Crippen molar-refractivity contribution < 1.29 is 4.79 Å². The van der Waals surface area contributed by atoms with Crippen molar-refractivity contribution in [2.24, 2.45) is 0 Å². The van der Waals surface area contributed by atoms with Gasteiger partial charge < -0.3 is 14.5 Å². The molecule has 5 rings (SSSR count). The molecule has 1 atom stereocenters. The first-order valence-electron chi connectivity index (χ1n) is 9.88. The summed E-state index contributed by atoms with van der Waals surface area (Å²) in [6, 6.07) is 0. The van der Waals surface area contributed by atoms with E-state index in [9.17, 15) is 9.59 Å². The van der Waals surface area contributed by atoms with Crippen LogP contribution in [0, 0.1) is 0 Å². The molecule has 2 aromatic heterocycles. The van der Waals surface area contributed by atoms with E-state index in [1.54, 1.807) is 12.7 Å². The zero-order valence-corrected chi connectivity index (χ0v) is 15.4. The Morgan fingerprint density at radius 3 is 2.85 bits per heavy atom. The van der Waals surface area contributed by atoms with Gasteiger partial charge in [0.05, 0.1) is 5.69 Å². The van der Waals surface area contributed by atoms with Crippen molar-refractivity contribution in [2.75, 3.05) is 13.1 Å². The van der Waals surface area contributed by atoms with Gasteiger partial charge in [0.25, 0.3) is 5.56 Å². The van der Waals surface area contributed by atoms with Crippen LogP contribution in [0.25, 0.3) is 0 Å². The van der Waals surface area contributed by atoms with Gasteiger partial charge >= 0.3 is 0 Å². The molecule has 1 saturated heterocycles. The lowest BCUT2D eigenvalue weighted by atomic mass is 9.77. The molecule has 8 nitrogen and oxygen atoms in total. The molecular weight excluding hydrogens is 344 g/mol. The molecule has 1 unspecified atom stereocenters. The molecule has 1 aliphatic heterocycles. The van der Waals surface area contributed by atoms with E-state index in [4.69, 9.17) is 4.98 Å². The summed E-state index contributed by atoms with van der Waals surface area (Å²) in [6.45, 7) is 2.06. The van der Waals surface area contributed by atoms with E-state index in [1.165, 1.54) is 0 Å². The highest BCUT2D eigenvalue weighted by Gasteiger charge is 2.46. The standard InChI is InChI=1S/C19H24N6O2/c26-15(5-9-24-11-20-21-12-24)25-8-1-6-19(10-25)7-4-14-16(19)22-17(13-2-3-13)23-18(14)27/h11-13H,1-10H2,(H,22,23,27). The van der Waals surface area contributed by atoms with Crippen LogP contribution in [0.4, 0.5) is 0 Å². The molecule has 1 amide bonds. The molecule has 3 aliphatic rings. The fraction of sp³-hybridized carbons (Fsp3) is 0.632. The van der Waals surface area contributed by atoms with Crippen LogP contribution in [0.2, 0.25) is 0 Å². The van der Waals surface area contributed by atoms with Crippen LogP contribution in [-0.4, -0.2) is 48.6 Å². The van der Waals surface area contributed by atoms with Crippen LogP contribution in [0.15, 0.2) is 17.4 Å². The second-order valence-corrected chi connectivity index (χ2v) is 8.20. The molecule has 2 aromatic rings. The maximum Gasteiger partial charge on any atom is 0.254 e. The number of piperidine rings is 1. The molecule has 0 bridgehead atoms. The summed E-state index contributed by atoms with van der Waals surface area (Å²) in [4.78, 5) is 35.2. The number of fused-ring (bicyclic) bond motifs is 2. The van der Waals surface area contributed by atoms with Gasteiger partial charge in [0.15, 0.2) is 0 Å². The molecule has 1 saturated carbocycles. The summed E-state index contributed by atoms with van der Waals surface area (Å²) >= 11 is 0. The maximum atomic E-state index is 12.8. The molecule has 0 radical (unpaired) electrons. The van der Waals surface area contributed by atoms with Crippen molar-refractivity contribution in [2.45, 2.75) is 62.8 Å². The van der Waals surface area contributed by atoms with Crippen molar-refractivity contribution in [1.82, 2.24) is 29.6 Å². The molecular formula is C19H24N6O2. The number of aromatic nitrogens is 5. The highest BCUT2D eigenvalue weighted by atomic mass is 16.2. The summed E-state index contributed by atoms with van der Waals surface area (Å²) in [7, 11) is 0. The number of hydrogen-bond acceptors (Lipinski definition) is 5. The molecule has 1 spiro atoms. The second kappa shape index (κ2) is 6.28. The molecule has 142 valence electrons. The number of rotatable bonds is 4. The number of amides is 1. The minimum Gasteiger partial charge on any atom is -0.342 e. The number of carbonyl (C=O) groups excluding carboxylic acids is 1. The van der Waals surface area contributed by atoms with Gasteiger partial charge in [-0.15, -0.1) is 10.2 Å². The minimum absolute atomic E-state index is 0.0369. The van der Waals surface area contributed by atoms with E-state index in [2.05, 4.69) is 15.2 Å². The van der Waals surface area contributed by atoms with E-state index in [-0.39, 0.29) is 16.9 Å². The Labute approximate surface area is 157 Å². The predicted octanol–water partition coefficient (Wildman–Crippen LogP) is 1.14. The lowest BCUT2D eigenvalue weighted by molar-refractivity contribution is -0.133. The van der Waals surface area contributed by atoms with Crippen LogP contribution >= 0.6 is 0 Å². The Morgan fingerprint density at radius 1 is 1.26 bits per heavy atom. The average molecular weight is 368 g/mol. The van der Waals surface area contributed by atoms with E-state index in [0.717, 1.165) is 62.2 Å². The normalized spacial score (nSPS) is 24.4. The largest absolute Gasteiger partial charge is 0.342 e. The molecule has 1 N–H and O–H groups in total. The highest BCUT2D eigenvalue weighted by molar-refractivity contribution is 5.76. The van der Waals surface area contributed by atoms with Gasteiger partial charge in [0.2, 0.25) is 5.91 Å². The summed E-state index contributed by atoms with van der Waals surface area (Å²) in [5, 5.41) is 7.56. The SMILES string of the molecule is O=C(CCn1cnnc1)N1CCCC2(CCc3c2nc(C2CC2)[nH]c3=O)C1. The van der Waals surface area contributed by atoms with Gasteiger partial charge in [-0.25, -0.2) is 4.98 Å². The monoisotopic (exact) mass is 368 g/mol. The van der Waals surface area contributed by atoms with Crippen LogP contribution in [0.1, 0.15) is 61.5 Å². The molecule has 3 heterocycles. The van der Waals surface area contributed by atoms with Crippen molar-refractivity contribution in [3.05, 3.63) is 40.1 Å². The number of hydrogen-bond donors (Lipinski definition) is 1. The average Bonchev–Trinajstić information content (AvgIpc) is 3.29. The van der Waals surface area contributed by atoms with Crippen LogP contribution in [0.5, 0.6) is 0 Å². The lowest BCUT2D eigenvalue weighted by Crippen LogP contribution is -2.48. The van der Waals surface area contributed by atoms with E-state index >= 15 is 0 Å². The van der Waals surface area contributed by atoms with Gasteiger partial charge in [-0.2, -0.15) is 0 Å². The Kier molecular flexibility index (Phi) is 3.87. The quantitative estimate of drug-likeness (QED) is 0.873. The third-order valence-corrected chi connectivity index (χ3v) is 6.33. The Balaban J connectivity index is 1.37. The fourth-order valence-electron chi connectivity index (χ4n) is 4.68. The van der Waals surface area contributed by atoms with Crippen LogP contribution in [-0.2, 0) is 23.2 Å². The number of nitrogens with zero attached hydrogens (tertiary/aromatic N) is 5.